The molecule has 0 N–H and O–H groups in total. The normalized spacial score (nSPS) is 13.1. The maximum atomic E-state index is 6.07. The van der Waals surface area contributed by atoms with Crippen LogP contribution >= 0.6 is 11.8 Å². The van der Waals surface area contributed by atoms with Crippen LogP contribution in [-0.2, 0) is 0 Å². The van der Waals surface area contributed by atoms with E-state index in [2.05, 4.69) is 41.5 Å². The quantitative estimate of drug-likeness (QED) is 0.417. The van der Waals surface area contributed by atoms with E-state index in [1.54, 1.807) is 0 Å². The van der Waals surface area contributed by atoms with Gasteiger partial charge in [-0.3, -0.25) is 0 Å². The third-order valence-corrected chi connectivity index (χ3v) is 2.19. The SMILES string of the molecule is CC(C)(C)N(Cl)C(C)(C)C.[MgH2]. The second kappa shape index (κ2) is 4.31. The Labute approximate surface area is 91.7 Å². The molecule has 0 aromatic carbocycles. The minimum absolute atomic E-state index is 0. The maximum Gasteiger partial charge on any atom is 0.316 e. The summed E-state index contributed by atoms with van der Waals surface area (Å²) in [6, 6.07) is 0. The number of rotatable bonds is 0. The first-order chi connectivity index (χ1) is 4.15. The van der Waals surface area contributed by atoms with E-state index in [0.717, 1.165) is 0 Å². The van der Waals surface area contributed by atoms with E-state index in [-0.39, 0.29) is 34.1 Å². The zero-order valence-electron chi connectivity index (χ0n) is 7.83. The van der Waals surface area contributed by atoms with Gasteiger partial charge in [-0.1, -0.05) is 0 Å². The van der Waals surface area contributed by atoms with E-state index in [4.69, 9.17) is 11.8 Å². The van der Waals surface area contributed by atoms with Crippen LogP contribution in [0.1, 0.15) is 41.5 Å². The molecule has 0 saturated heterocycles. The fourth-order valence-electron chi connectivity index (χ4n) is 1.01. The second-order valence-corrected chi connectivity index (χ2v) is 4.96. The lowest BCUT2D eigenvalue weighted by Gasteiger charge is -2.39. The fraction of sp³-hybridized carbons (Fsp3) is 1.00. The highest BCUT2D eigenvalue weighted by atomic mass is 35.5. The van der Waals surface area contributed by atoms with Crippen LogP contribution in [0.4, 0.5) is 0 Å². The zero-order chi connectivity index (χ0) is 8.58. The van der Waals surface area contributed by atoms with Crippen molar-refractivity contribution in [3.8, 4) is 0 Å². The van der Waals surface area contributed by atoms with Gasteiger partial charge in [0.05, 0.1) is 0 Å². The molecule has 0 aromatic rings. The molecule has 0 unspecified atom stereocenters. The monoisotopic (exact) mass is 189 g/mol. The molecule has 0 aliphatic heterocycles. The van der Waals surface area contributed by atoms with Crippen LogP contribution in [0.3, 0.4) is 0 Å². The molecule has 0 fully saturated rings. The molecule has 0 aliphatic carbocycles. The molecule has 0 atom stereocenters. The van der Waals surface area contributed by atoms with Crippen LogP contribution < -0.4 is 0 Å². The summed E-state index contributed by atoms with van der Waals surface area (Å²) in [7, 11) is 0. The van der Waals surface area contributed by atoms with Crippen molar-refractivity contribution in [1.82, 2.24) is 4.42 Å². The molecular formula is C8H20ClMgN. The number of nitrogens with zero attached hydrogens (tertiary/aromatic N) is 1. The smallest absolute Gasteiger partial charge is 0.210 e. The molecular weight excluding hydrogens is 170 g/mol. The van der Waals surface area contributed by atoms with Gasteiger partial charge in [-0.15, -0.1) is 0 Å². The molecule has 66 valence electrons. The lowest BCUT2D eigenvalue weighted by Crippen LogP contribution is -2.46. The van der Waals surface area contributed by atoms with Crippen LogP contribution in [0.2, 0.25) is 0 Å². The van der Waals surface area contributed by atoms with Crippen molar-refractivity contribution >= 4 is 34.8 Å². The second-order valence-electron chi connectivity index (χ2n) is 4.62. The van der Waals surface area contributed by atoms with Gasteiger partial charge in [0, 0.05) is 11.1 Å². The van der Waals surface area contributed by atoms with Crippen LogP contribution in [-0.4, -0.2) is 38.5 Å². The van der Waals surface area contributed by atoms with E-state index in [0.29, 0.717) is 0 Å². The molecule has 0 aliphatic rings. The third-order valence-electron chi connectivity index (χ3n) is 1.18. The molecule has 0 rings (SSSR count). The van der Waals surface area contributed by atoms with Crippen molar-refractivity contribution in [3.63, 3.8) is 0 Å². The lowest BCUT2D eigenvalue weighted by atomic mass is 10.0. The predicted molar refractivity (Wildman–Crippen MR) is 55.7 cm³/mol. The summed E-state index contributed by atoms with van der Waals surface area (Å²) >= 11 is 6.07. The van der Waals surface area contributed by atoms with Crippen molar-refractivity contribution in [1.29, 1.82) is 0 Å². The molecule has 0 amide bonds. The fourth-order valence-corrected chi connectivity index (χ4v) is 1.01. The van der Waals surface area contributed by atoms with E-state index < -0.39 is 0 Å². The molecule has 0 saturated carbocycles. The zero-order valence-corrected chi connectivity index (χ0v) is 8.58. The summed E-state index contributed by atoms with van der Waals surface area (Å²) in [5.74, 6) is 0. The Morgan fingerprint density at radius 2 is 1.00 bits per heavy atom. The first kappa shape index (κ1) is 14.5. The van der Waals surface area contributed by atoms with Gasteiger partial charge in [0.15, 0.2) is 0 Å². The predicted octanol–water partition coefficient (Wildman–Crippen LogP) is 2.12. The van der Waals surface area contributed by atoms with Crippen molar-refractivity contribution in [2.45, 2.75) is 52.6 Å². The Morgan fingerprint density at radius 3 is 1.00 bits per heavy atom. The van der Waals surface area contributed by atoms with Gasteiger partial charge in [0.1, 0.15) is 0 Å². The summed E-state index contributed by atoms with van der Waals surface area (Å²) < 4.78 is 1.85. The van der Waals surface area contributed by atoms with Gasteiger partial charge in [0.25, 0.3) is 0 Å². The highest BCUT2D eigenvalue weighted by Gasteiger charge is 2.29. The first-order valence-corrected chi connectivity index (χ1v) is 3.95. The van der Waals surface area contributed by atoms with Gasteiger partial charge >= 0.3 is 23.1 Å². The summed E-state index contributed by atoms with van der Waals surface area (Å²) in [5.41, 5.74) is 0.0829. The largest absolute Gasteiger partial charge is 0.316 e. The van der Waals surface area contributed by atoms with Crippen LogP contribution in [0, 0.1) is 0 Å². The molecule has 1 nitrogen and oxygen atoms in total. The summed E-state index contributed by atoms with van der Waals surface area (Å²) in [6.45, 7) is 12.6. The van der Waals surface area contributed by atoms with E-state index in [1.165, 1.54) is 0 Å². The highest BCUT2D eigenvalue weighted by molar-refractivity contribution is 6.14. The molecule has 0 heterocycles. The molecule has 11 heavy (non-hydrogen) atoms. The number of hydrogen-bond acceptors (Lipinski definition) is 1. The molecule has 0 aromatic heterocycles. The van der Waals surface area contributed by atoms with E-state index in [1.807, 2.05) is 4.42 Å². The summed E-state index contributed by atoms with van der Waals surface area (Å²) in [6.07, 6.45) is 0. The Balaban J connectivity index is 0. The van der Waals surface area contributed by atoms with Crippen LogP contribution in [0.15, 0.2) is 0 Å². The van der Waals surface area contributed by atoms with Gasteiger partial charge in [-0.25, -0.2) is 4.42 Å². The number of halogens is 1. The molecule has 0 bridgehead atoms. The summed E-state index contributed by atoms with van der Waals surface area (Å²) in [5, 5.41) is 0. The average molecular weight is 190 g/mol. The first-order valence-electron chi connectivity index (χ1n) is 3.62. The van der Waals surface area contributed by atoms with E-state index >= 15 is 0 Å². The Bertz CT molecular complexity index is 98.2. The lowest BCUT2D eigenvalue weighted by molar-refractivity contribution is 0.146. The van der Waals surface area contributed by atoms with Crippen molar-refractivity contribution in [2.75, 3.05) is 0 Å². The molecule has 0 radical (unpaired) electrons. The maximum absolute atomic E-state index is 6.07. The highest BCUT2D eigenvalue weighted by Crippen LogP contribution is 2.26. The van der Waals surface area contributed by atoms with Crippen molar-refractivity contribution in [3.05, 3.63) is 0 Å². The average Bonchev–Trinajstić information content (AvgIpc) is 1.59. The van der Waals surface area contributed by atoms with Gasteiger partial charge < -0.3 is 0 Å². The topological polar surface area (TPSA) is 3.24 Å². The minimum atomic E-state index is 0. The molecule has 0 spiro atoms. The van der Waals surface area contributed by atoms with Gasteiger partial charge in [-0.05, 0) is 53.3 Å². The van der Waals surface area contributed by atoms with Crippen molar-refractivity contribution < 1.29 is 0 Å². The summed E-state index contributed by atoms with van der Waals surface area (Å²) in [4.78, 5) is 0. The standard InChI is InChI=1S/C8H18ClN.Mg.2H/c1-7(2,3)10(9)8(4,5)6;;;/h1-6H3;;;. The van der Waals surface area contributed by atoms with Crippen LogP contribution in [0.25, 0.3) is 0 Å². The Kier molecular flexibility index (Phi) is 5.69. The Hall–Kier alpha value is 1.02. The van der Waals surface area contributed by atoms with E-state index in [9.17, 15) is 0 Å². The number of hydrogen-bond donors (Lipinski definition) is 0. The molecule has 3 heteroatoms. The van der Waals surface area contributed by atoms with Crippen molar-refractivity contribution in [2.24, 2.45) is 0 Å². The minimum Gasteiger partial charge on any atom is -0.210 e. The van der Waals surface area contributed by atoms with Gasteiger partial charge in [-0.2, -0.15) is 0 Å². The third kappa shape index (κ3) is 5.29. The van der Waals surface area contributed by atoms with Gasteiger partial charge in [0.2, 0.25) is 0 Å². The van der Waals surface area contributed by atoms with Crippen LogP contribution in [0.5, 0.6) is 0 Å². The Morgan fingerprint density at radius 1 is 0.818 bits per heavy atom.